The van der Waals surface area contributed by atoms with Crippen molar-refractivity contribution >= 4 is 82.3 Å². The summed E-state index contributed by atoms with van der Waals surface area (Å²) in [6.45, 7) is 2.28. The standard InChI is InChI=1S/C18H18S7/c1-12-14(19-9-5-8-13-6-3-2-4-7-13)23-17(22-12)18-24-15-16(25-18)21-11-10-20-15/h2-4,6-7H,5,8-11H2,1H3. The summed E-state index contributed by atoms with van der Waals surface area (Å²) in [5, 5.41) is 0. The van der Waals surface area contributed by atoms with Crippen LogP contribution in [0.2, 0.25) is 0 Å². The third-order valence-corrected chi connectivity index (χ3v) is 14.2. The maximum absolute atomic E-state index is 2.28. The number of allylic oxidation sites excluding steroid dienone is 1. The molecule has 0 N–H and O–H groups in total. The van der Waals surface area contributed by atoms with Crippen LogP contribution >= 0.6 is 82.3 Å². The minimum absolute atomic E-state index is 1.18. The van der Waals surface area contributed by atoms with Crippen molar-refractivity contribution in [2.45, 2.75) is 19.8 Å². The molecule has 0 bridgehead atoms. The highest BCUT2D eigenvalue weighted by molar-refractivity contribution is 8.43. The van der Waals surface area contributed by atoms with Crippen molar-refractivity contribution in [2.75, 3.05) is 17.3 Å². The lowest BCUT2D eigenvalue weighted by atomic mass is 10.1. The lowest BCUT2D eigenvalue weighted by Gasteiger charge is -2.08. The molecule has 1 aromatic carbocycles. The van der Waals surface area contributed by atoms with Crippen LogP contribution in [0.5, 0.6) is 0 Å². The zero-order valence-electron chi connectivity index (χ0n) is 13.8. The predicted octanol–water partition coefficient (Wildman–Crippen LogP) is 8.23. The molecule has 0 aromatic heterocycles. The van der Waals surface area contributed by atoms with E-state index in [1.807, 2.05) is 82.3 Å². The topological polar surface area (TPSA) is 0 Å². The molecular formula is C18H18S7. The molecule has 0 spiro atoms. The molecule has 3 aliphatic rings. The molecule has 3 heterocycles. The lowest BCUT2D eigenvalue weighted by Crippen LogP contribution is -1.88. The van der Waals surface area contributed by atoms with E-state index in [4.69, 9.17) is 0 Å². The molecule has 25 heavy (non-hydrogen) atoms. The Morgan fingerprint density at radius 3 is 2.24 bits per heavy atom. The van der Waals surface area contributed by atoms with Gasteiger partial charge in [0.05, 0.1) is 21.2 Å². The molecule has 4 rings (SSSR count). The average Bonchev–Trinajstić information content (AvgIpc) is 3.23. The van der Waals surface area contributed by atoms with E-state index in [1.165, 1.54) is 53.3 Å². The number of hydrogen-bond donors (Lipinski definition) is 0. The molecule has 0 nitrogen and oxygen atoms in total. The molecule has 0 saturated heterocycles. The molecule has 0 atom stereocenters. The van der Waals surface area contributed by atoms with E-state index in [1.54, 1.807) is 8.47 Å². The van der Waals surface area contributed by atoms with Gasteiger partial charge < -0.3 is 0 Å². The number of rotatable bonds is 5. The van der Waals surface area contributed by atoms with Gasteiger partial charge in [0, 0.05) is 16.4 Å². The Morgan fingerprint density at radius 1 is 0.840 bits per heavy atom. The summed E-state index contributed by atoms with van der Waals surface area (Å²) in [6.07, 6.45) is 2.43. The molecule has 0 unspecified atom stereocenters. The third kappa shape index (κ3) is 5.04. The molecule has 1 aromatic rings. The summed E-state index contributed by atoms with van der Waals surface area (Å²) in [7, 11) is 0. The minimum Gasteiger partial charge on any atom is -0.118 e. The van der Waals surface area contributed by atoms with Crippen molar-refractivity contribution in [3.05, 3.63) is 62.0 Å². The van der Waals surface area contributed by atoms with Gasteiger partial charge in [-0.25, -0.2) is 0 Å². The third-order valence-electron chi connectivity index (χ3n) is 3.66. The molecular weight excluding hydrogens is 441 g/mol. The Bertz CT molecular complexity index is 713. The van der Waals surface area contributed by atoms with Gasteiger partial charge >= 0.3 is 0 Å². The minimum atomic E-state index is 1.18. The summed E-state index contributed by atoms with van der Waals surface area (Å²) in [6, 6.07) is 10.8. The number of thioether (sulfide) groups is 7. The Hall–Kier alpha value is 0.890. The van der Waals surface area contributed by atoms with Crippen LogP contribution in [0, 0.1) is 0 Å². The molecule has 132 valence electrons. The van der Waals surface area contributed by atoms with Gasteiger partial charge in [0.15, 0.2) is 0 Å². The first-order valence-corrected chi connectivity index (χ1v) is 14.3. The highest BCUT2D eigenvalue weighted by atomic mass is 32.3. The normalized spacial score (nSPS) is 20.7. The number of aryl methyl sites for hydroxylation is 1. The maximum Gasteiger partial charge on any atom is 0.0717 e. The second-order valence-electron chi connectivity index (χ2n) is 5.54. The monoisotopic (exact) mass is 458 g/mol. The molecule has 7 heteroatoms. The van der Waals surface area contributed by atoms with Gasteiger partial charge in [0.1, 0.15) is 0 Å². The Kier molecular flexibility index (Phi) is 7.22. The van der Waals surface area contributed by atoms with Gasteiger partial charge in [0.2, 0.25) is 0 Å². The summed E-state index contributed by atoms with van der Waals surface area (Å²) >= 11 is 14.1. The van der Waals surface area contributed by atoms with Crippen LogP contribution in [0.15, 0.2) is 56.4 Å². The second kappa shape index (κ2) is 9.39. The SMILES string of the molecule is CC1=C(SCCCc2ccccc2)SC(=C2SC3=C(SCCS3)S2)S1. The number of benzene rings is 1. The van der Waals surface area contributed by atoms with Crippen molar-refractivity contribution in [1.29, 1.82) is 0 Å². The van der Waals surface area contributed by atoms with Crippen molar-refractivity contribution in [1.82, 2.24) is 0 Å². The molecule has 0 fully saturated rings. The van der Waals surface area contributed by atoms with Gasteiger partial charge in [-0.05, 0) is 31.1 Å². The average molecular weight is 459 g/mol. The number of hydrogen-bond acceptors (Lipinski definition) is 7. The fourth-order valence-electron chi connectivity index (χ4n) is 2.46. The van der Waals surface area contributed by atoms with Crippen LogP contribution in [-0.4, -0.2) is 17.3 Å². The van der Waals surface area contributed by atoms with Crippen LogP contribution in [-0.2, 0) is 6.42 Å². The largest absolute Gasteiger partial charge is 0.118 e. The Balaban J connectivity index is 1.28. The smallest absolute Gasteiger partial charge is 0.0717 e. The zero-order chi connectivity index (χ0) is 17.1. The summed E-state index contributed by atoms with van der Waals surface area (Å²) in [5.74, 6) is 3.73. The van der Waals surface area contributed by atoms with Crippen molar-refractivity contribution < 1.29 is 0 Å². The van der Waals surface area contributed by atoms with Gasteiger partial charge in [-0.1, -0.05) is 77.4 Å². The van der Waals surface area contributed by atoms with Gasteiger partial charge in [-0.2, -0.15) is 0 Å². The van der Waals surface area contributed by atoms with Crippen LogP contribution in [0.1, 0.15) is 18.9 Å². The van der Waals surface area contributed by atoms with Crippen LogP contribution in [0.4, 0.5) is 0 Å². The van der Waals surface area contributed by atoms with Crippen LogP contribution < -0.4 is 0 Å². The summed E-state index contributed by atoms with van der Waals surface area (Å²) in [5.41, 5.74) is 1.45. The first-order chi connectivity index (χ1) is 12.3. The first kappa shape index (κ1) is 19.2. The van der Waals surface area contributed by atoms with Crippen molar-refractivity contribution in [3.63, 3.8) is 0 Å². The second-order valence-corrected chi connectivity index (χ2v) is 14.4. The van der Waals surface area contributed by atoms with Crippen molar-refractivity contribution in [3.8, 4) is 0 Å². The fourth-order valence-corrected chi connectivity index (χ4v) is 12.8. The molecule has 0 saturated carbocycles. The van der Waals surface area contributed by atoms with Gasteiger partial charge in [-0.3, -0.25) is 0 Å². The maximum atomic E-state index is 2.28. The van der Waals surface area contributed by atoms with E-state index in [0.717, 1.165) is 0 Å². The van der Waals surface area contributed by atoms with E-state index in [2.05, 4.69) is 37.3 Å². The molecule has 3 aliphatic heterocycles. The molecule has 0 aliphatic carbocycles. The quantitative estimate of drug-likeness (QED) is 0.402. The van der Waals surface area contributed by atoms with E-state index in [-0.39, 0.29) is 0 Å². The molecule has 0 amide bonds. The van der Waals surface area contributed by atoms with E-state index < -0.39 is 0 Å². The van der Waals surface area contributed by atoms with E-state index in [9.17, 15) is 0 Å². The van der Waals surface area contributed by atoms with Gasteiger partial charge in [0.25, 0.3) is 0 Å². The van der Waals surface area contributed by atoms with Gasteiger partial charge in [-0.15, -0.1) is 35.3 Å². The molecule has 0 radical (unpaired) electrons. The predicted molar refractivity (Wildman–Crippen MR) is 129 cm³/mol. The van der Waals surface area contributed by atoms with Crippen molar-refractivity contribution in [2.24, 2.45) is 0 Å². The Morgan fingerprint density at radius 2 is 1.52 bits per heavy atom. The van der Waals surface area contributed by atoms with Crippen LogP contribution in [0.3, 0.4) is 0 Å². The highest BCUT2D eigenvalue weighted by Gasteiger charge is 2.30. The van der Waals surface area contributed by atoms with E-state index in [0.29, 0.717) is 0 Å². The fraction of sp³-hybridized carbons (Fsp3) is 0.333. The highest BCUT2D eigenvalue weighted by Crippen LogP contribution is 2.65. The zero-order valence-corrected chi connectivity index (χ0v) is 19.5. The summed E-state index contributed by atoms with van der Waals surface area (Å²) < 4.78 is 7.64. The Labute approximate surface area is 180 Å². The van der Waals surface area contributed by atoms with E-state index >= 15 is 0 Å². The summed E-state index contributed by atoms with van der Waals surface area (Å²) in [4.78, 5) is 1.49. The first-order valence-electron chi connectivity index (χ1n) is 8.13. The van der Waals surface area contributed by atoms with Crippen LogP contribution in [0.25, 0.3) is 0 Å². The lowest BCUT2D eigenvalue weighted by molar-refractivity contribution is 0.935.